The van der Waals surface area contributed by atoms with Crippen LogP contribution in [0.4, 0.5) is 4.79 Å². The third-order valence-electron chi connectivity index (χ3n) is 1.80. The first-order valence-corrected chi connectivity index (χ1v) is 3.79. The van der Waals surface area contributed by atoms with E-state index in [1.165, 1.54) is 6.08 Å². The van der Waals surface area contributed by atoms with Crippen LogP contribution >= 0.6 is 0 Å². The summed E-state index contributed by atoms with van der Waals surface area (Å²) in [5.41, 5.74) is -0.513. The number of amides is 1. The number of cyclic esters (lactones) is 1. The normalized spacial score (nSPS) is 21.0. The van der Waals surface area contributed by atoms with Crippen molar-refractivity contribution in [2.75, 3.05) is 6.61 Å². The molecule has 0 aliphatic carbocycles. The van der Waals surface area contributed by atoms with Gasteiger partial charge in [0.05, 0.1) is 5.54 Å². The van der Waals surface area contributed by atoms with Gasteiger partial charge in [-0.3, -0.25) is 4.90 Å². The number of nitrogens with zero attached hydrogens (tertiary/aromatic N) is 1. The van der Waals surface area contributed by atoms with Gasteiger partial charge in [-0.05, 0) is 26.7 Å². The minimum Gasteiger partial charge on any atom is -0.860 e. The smallest absolute Gasteiger partial charge is 0.860 e. The molecule has 1 fully saturated rings. The molecule has 5 heteroatoms. The standard InChI is InChI=1S/C8H13NO3.Li/c1-4-6(10)9-7(11)12-5-8(9,2)3;/h4,10H,5H2,1-3H3;/q;+1/p-1/b6-4-;. The molecule has 0 radical (unpaired) electrons. The van der Waals surface area contributed by atoms with Crippen LogP contribution in [0.25, 0.3) is 0 Å². The summed E-state index contributed by atoms with van der Waals surface area (Å²) in [7, 11) is 0. The van der Waals surface area contributed by atoms with Crippen LogP contribution < -0.4 is 24.0 Å². The minimum atomic E-state index is -0.553. The molecule has 68 valence electrons. The van der Waals surface area contributed by atoms with Crippen LogP contribution in [0.1, 0.15) is 20.8 Å². The Balaban J connectivity index is 0.00000144. The van der Waals surface area contributed by atoms with E-state index < -0.39 is 11.6 Å². The summed E-state index contributed by atoms with van der Waals surface area (Å²) >= 11 is 0. The molecule has 0 N–H and O–H groups in total. The maximum Gasteiger partial charge on any atom is 1.00 e. The van der Waals surface area contributed by atoms with Crippen molar-refractivity contribution in [3.05, 3.63) is 12.0 Å². The van der Waals surface area contributed by atoms with Gasteiger partial charge in [0.25, 0.3) is 0 Å². The van der Waals surface area contributed by atoms with E-state index in [4.69, 9.17) is 4.74 Å². The van der Waals surface area contributed by atoms with E-state index >= 15 is 0 Å². The number of ether oxygens (including phenoxy) is 1. The van der Waals surface area contributed by atoms with E-state index in [0.717, 1.165) is 4.90 Å². The van der Waals surface area contributed by atoms with Crippen LogP contribution in [0, 0.1) is 0 Å². The van der Waals surface area contributed by atoms with Crippen LogP contribution in [0.5, 0.6) is 0 Å². The monoisotopic (exact) mass is 177 g/mol. The average molecular weight is 177 g/mol. The van der Waals surface area contributed by atoms with Gasteiger partial charge in [0.2, 0.25) is 0 Å². The van der Waals surface area contributed by atoms with Gasteiger partial charge in [-0.15, -0.1) is 0 Å². The molecule has 0 aromatic heterocycles. The molecule has 1 amide bonds. The molecule has 1 heterocycles. The van der Waals surface area contributed by atoms with Crippen LogP contribution in [-0.2, 0) is 4.74 Å². The molecule has 0 saturated carbocycles. The summed E-state index contributed by atoms with van der Waals surface area (Å²) < 4.78 is 4.75. The van der Waals surface area contributed by atoms with Gasteiger partial charge in [-0.2, -0.15) is 0 Å². The topological polar surface area (TPSA) is 52.6 Å². The quantitative estimate of drug-likeness (QED) is 0.327. The maximum atomic E-state index is 11.2. The number of rotatable bonds is 1. The SMILES string of the molecule is C/C=C(\[O-])N1C(=O)OCC1(C)C.[Li+]. The fourth-order valence-electron chi connectivity index (χ4n) is 1.13. The summed E-state index contributed by atoms with van der Waals surface area (Å²) in [5, 5.41) is 11.2. The largest absolute Gasteiger partial charge is 1.00 e. The Kier molecular flexibility index (Phi) is 3.89. The first-order chi connectivity index (χ1) is 5.49. The molecule has 0 bridgehead atoms. The summed E-state index contributed by atoms with van der Waals surface area (Å²) in [5.74, 6) is -0.303. The van der Waals surface area contributed by atoms with Crippen molar-refractivity contribution in [1.29, 1.82) is 0 Å². The third-order valence-corrected chi connectivity index (χ3v) is 1.80. The second-order valence-electron chi connectivity index (χ2n) is 3.33. The van der Waals surface area contributed by atoms with Gasteiger partial charge < -0.3 is 9.84 Å². The zero-order chi connectivity index (χ0) is 9.35. The fraction of sp³-hybridized carbons (Fsp3) is 0.625. The van der Waals surface area contributed by atoms with Gasteiger partial charge in [-0.25, -0.2) is 4.79 Å². The minimum absolute atomic E-state index is 0. The van der Waals surface area contributed by atoms with E-state index in [-0.39, 0.29) is 31.4 Å². The van der Waals surface area contributed by atoms with Gasteiger partial charge in [0, 0.05) is 0 Å². The fourth-order valence-corrected chi connectivity index (χ4v) is 1.13. The first-order valence-electron chi connectivity index (χ1n) is 3.79. The molecule has 4 nitrogen and oxygen atoms in total. The molecule has 13 heavy (non-hydrogen) atoms. The number of carbonyl (C=O) groups is 1. The third kappa shape index (κ3) is 2.20. The summed E-state index contributed by atoms with van der Waals surface area (Å²) in [6.45, 7) is 5.45. The molecule has 0 aromatic carbocycles. The van der Waals surface area contributed by atoms with Gasteiger partial charge >= 0.3 is 25.0 Å². The molecule has 0 atom stereocenters. The predicted octanol–water partition coefficient (Wildman–Crippen LogP) is -2.56. The maximum absolute atomic E-state index is 11.2. The molecule has 1 rings (SSSR count). The Labute approximate surface area is 89.7 Å². The van der Waals surface area contributed by atoms with Crippen molar-refractivity contribution < 1.29 is 33.5 Å². The molecule has 0 spiro atoms. The van der Waals surface area contributed by atoms with Crippen LogP contribution in [0.3, 0.4) is 0 Å². The predicted molar refractivity (Wildman–Crippen MR) is 41.0 cm³/mol. The molecule has 1 aliphatic heterocycles. The van der Waals surface area contributed by atoms with Gasteiger partial charge in [-0.1, -0.05) is 6.08 Å². The molecular formula is C8H12LiNO3. The van der Waals surface area contributed by atoms with E-state index in [1.807, 2.05) is 0 Å². The van der Waals surface area contributed by atoms with Crippen molar-refractivity contribution in [3.63, 3.8) is 0 Å². The molecule has 1 saturated heterocycles. The molecule has 0 unspecified atom stereocenters. The zero-order valence-corrected chi connectivity index (χ0v) is 8.46. The Morgan fingerprint density at radius 1 is 1.69 bits per heavy atom. The van der Waals surface area contributed by atoms with E-state index in [2.05, 4.69) is 0 Å². The van der Waals surface area contributed by atoms with Crippen molar-refractivity contribution in [3.8, 4) is 0 Å². The second-order valence-corrected chi connectivity index (χ2v) is 3.33. The van der Waals surface area contributed by atoms with Crippen molar-refractivity contribution in [2.24, 2.45) is 0 Å². The van der Waals surface area contributed by atoms with Crippen LogP contribution in [-0.4, -0.2) is 23.1 Å². The summed E-state index contributed by atoms with van der Waals surface area (Å²) in [6.07, 6.45) is 0.803. The Morgan fingerprint density at radius 2 is 2.23 bits per heavy atom. The Bertz CT molecular complexity index is 238. The first kappa shape index (κ1) is 12.4. The average Bonchev–Trinajstić information content (AvgIpc) is 2.25. The van der Waals surface area contributed by atoms with Crippen LogP contribution in [0.2, 0.25) is 0 Å². The number of hydrogen-bond acceptors (Lipinski definition) is 3. The van der Waals surface area contributed by atoms with E-state index in [9.17, 15) is 9.90 Å². The Hall–Kier alpha value is -0.593. The van der Waals surface area contributed by atoms with Crippen molar-refractivity contribution >= 4 is 6.09 Å². The van der Waals surface area contributed by atoms with Gasteiger partial charge in [0.15, 0.2) is 0 Å². The number of allylic oxidation sites excluding steroid dienone is 1. The Morgan fingerprint density at radius 3 is 2.54 bits per heavy atom. The van der Waals surface area contributed by atoms with Crippen LogP contribution in [0.15, 0.2) is 12.0 Å². The van der Waals surface area contributed by atoms with E-state index in [0.29, 0.717) is 0 Å². The van der Waals surface area contributed by atoms with Gasteiger partial charge in [0.1, 0.15) is 6.61 Å². The number of carbonyl (C=O) groups excluding carboxylic acids is 1. The molecule has 1 aliphatic rings. The zero-order valence-electron chi connectivity index (χ0n) is 8.46. The van der Waals surface area contributed by atoms with Crippen molar-refractivity contribution in [1.82, 2.24) is 4.90 Å². The second kappa shape index (κ2) is 4.08. The molecule has 0 aromatic rings. The van der Waals surface area contributed by atoms with E-state index in [1.54, 1.807) is 20.8 Å². The summed E-state index contributed by atoms with van der Waals surface area (Å²) in [6, 6.07) is 0. The summed E-state index contributed by atoms with van der Waals surface area (Å²) in [4.78, 5) is 12.2. The van der Waals surface area contributed by atoms with Crippen molar-refractivity contribution in [2.45, 2.75) is 26.3 Å². The molecular weight excluding hydrogens is 165 g/mol. The number of hydrogen-bond donors (Lipinski definition) is 0.